The Morgan fingerprint density at radius 1 is 1.47 bits per heavy atom. The summed E-state index contributed by atoms with van der Waals surface area (Å²) in [7, 11) is 0. The minimum absolute atomic E-state index is 0.109. The molecule has 0 amide bonds. The average molecular weight is 237 g/mol. The first-order valence-corrected chi connectivity index (χ1v) is 5.59. The number of hydrogen-bond donors (Lipinski definition) is 4. The molecule has 94 valence electrons. The molecular weight excluding hydrogens is 218 g/mol. The van der Waals surface area contributed by atoms with Gasteiger partial charge in [0.15, 0.2) is 5.84 Å². The van der Waals surface area contributed by atoms with Gasteiger partial charge in [0, 0.05) is 24.8 Å². The number of benzene rings is 1. The van der Waals surface area contributed by atoms with E-state index in [2.05, 4.69) is 10.5 Å². The first kappa shape index (κ1) is 13.5. The van der Waals surface area contributed by atoms with E-state index in [0.717, 1.165) is 11.1 Å². The van der Waals surface area contributed by atoms with E-state index < -0.39 is 0 Å². The molecule has 0 spiro atoms. The maximum Gasteiger partial charge on any atom is 0.170 e. The van der Waals surface area contributed by atoms with Crippen LogP contribution in [0, 0.1) is 0 Å². The number of aliphatic hydroxyl groups excluding tert-OH is 1. The third kappa shape index (κ3) is 4.05. The molecule has 0 bridgehead atoms. The molecule has 0 saturated carbocycles. The van der Waals surface area contributed by atoms with Crippen LogP contribution in [0.15, 0.2) is 29.4 Å². The molecule has 5 N–H and O–H groups in total. The summed E-state index contributed by atoms with van der Waals surface area (Å²) in [5, 5.41) is 23.8. The molecule has 17 heavy (non-hydrogen) atoms. The van der Waals surface area contributed by atoms with Crippen molar-refractivity contribution in [2.75, 3.05) is 6.61 Å². The van der Waals surface area contributed by atoms with Crippen molar-refractivity contribution in [1.82, 2.24) is 5.32 Å². The molecule has 0 saturated heterocycles. The van der Waals surface area contributed by atoms with E-state index in [1.807, 2.05) is 31.2 Å². The van der Waals surface area contributed by atoms with E-state index in [9.17, 15) is 0 Å². The molecule has 1 rings (SSSR count). The number of hydrogen-bond acceptors (Lipinski definition) is 4. The van der Waals surface area contributed by atoms with E-state index in [1.165, 1.54) is 0 Å². The van der Waals surface area contributed by atoms with Crippen LogP contribution in [0.4, 0.5) is 0 Å². The fraction of sp³-hybridized carbons (Fsp3) is 0.417. The average Bonchev–Trinajstić information content (AvgIpc) is 2.36. The highest BCUT2D eigenvalue weighted by atomic mass is 16.4. The van der Waals surface area contributed by atoms with E-state index in [0.29, 0.717) is 13.0 Å². The summed E-state index contributed by atoms with van der Waals surface area (Å²) >= 11 is 0. The fourth-order valence-corrected chi connectivity index (χ4v) is 1.56. The summed E-state index contributed by atoms with van der Waals surface area (Å²) in [6.07, 6.45) is 0.700. The maximum atomic E-state index is 8.80. The molecule has 0 radical (unpaired) electrons. The largest absolute Gasteiger partial charge is 0.409 e. The second kappa shape index (κ2) is 6.88. The maximum absolute atomic E-state index is 8.80. The third-order valence-electron chi connectivity index (χ3n) is 2.60. The number of rotatable bonds is 6. The lowest BCUT2D eigenvalue weighted by Crippen LogP contribution is -2.28. The quantitative estimate of drug-likeness (QED) is 0.253. The smallest absolute Gasteiger partial charge is 0.170 e. The first-order valence-electron chi connectivity index (χ1n) is 5.59. The second-order valence-corrected chi connectivity index (χ2v) is 3.94. The van der Waals surface area contributed by atoms with Crippen molar-refractivity contribution in [3.05, 3.63) is 35.4 Å². The molecule has 1 aromatic carbocycles. The Hall–Kier alpha value is -1.59. The Balaban J connectivity index is 2.71. The van der Waals surface area contributed by atoms with Crippen LogP contribution in [0.3, 0.4) is 0 Å². The summed E-state index contributed by atoms with van der Waals surface area (Å²) < 4.78 is 0. The third-order valence-corrected chi connectivity index (χ3v) is 2.60. The van der Waals surface area contributed by atoms with Crippen LogP contribution in [-0.4, -0.2) is 28.8 Å². The molecule has 0 fully saturated rings. The monoisotopic (exact) mass is 237 g/mol. The molecule has 0 aliphatic heterocycles. The van der Waals surface area contributed by atoms with Crippen molar-refractivity contribution in [1.29, 1.82) is 0 Å². The van der Waals surface area contributed by atoms with Crippen LogP contribution in [0.5, 0.6) is 0 Å². The van der Waals surface area contributed by atoms with Gasteiger partial charge in [-0.25, -0.2) is 0 Å². The van der Waals surface area contributed by atoms with Crippen molar-refractivity contribution in [3.8, 4) is 0 Å². The zero-order chi connectivity index (χ0) is 12.7. The molecule has 5 nitrogen and oxygen atoms in total. The molecule has 1 atom stereocenters. The van der Waals surface area contributed by atoms with E-state index in [1.54, 1.807) is 0 Å². The van der Waals surface area contributed by atoms with Gasteiger partial charge < -0.3 is 21.4 Å². The van der Waals surface area contributed by atoms with Gasteiger partial charge in [-0.15, -0.1) is 0 Å². The first-order chi connectivity index (χ1) is 8.19. The molecule has 1 unspecified atom stereocenters. The van der Waals surface area contributed by atoms with Gasteiger partial charge in [0.25, 0.3) is 0 Å². The van der Waals surface area contributed by atoms with Crippen molar-refractivity contribution in [2.24, 2.45) is 10.9 Å². The Labute approximate surface area is 101 Å². The predicted molar refractivity (Wildman–Crippen MR) is 67.0 cm³/mol. The van der Waals surface area contributed by atoms with Crippen molar-refractivity contribution in [2.45, 2.75) is 25.9 Å². The molecule has 0 aliphatic rings. The molecule has 5 heteroatoms. The standard InChI is InChI=1S/C12H19N3O2/c1-9(6-7-16)14-8-10-4-2-3-5-11(10)12(13)15-17/h2-5,9,14,16-17H,6-8H2,1H3,(H2,13,15). The van der Waals surface area contributed by atoms with Gasteiger partial charge in [-0.05, 0) is 18.9 Å². The SMILES string of the molecule is CC(CCO)NCc1ccccc1/C(N)=N/O. The van der Waals surface area contributed by atoms with Crippen LogP contribution in [0.2, 0.25) is 0 Å². The Kier molecular flexibility index (Phi) is 5.45. The van der Waals surface area contributed by atoms with Crippen LogP contribution in [0.25, 0.3) is 0 Å². The number of nitrogens with zero attached hydrogens (tertiary/aromatic N) is 1. The Morgan fingerprint density at radius 2 is 2.18 bits per heavy atom. The van der Waals surface area contributed by atoms with Crippen LogP contribution >= 0.6 is 0 Å². The van der Waals surface area contributed by atoms with E-state index in [4.69, 9.17) is 16.0 Å². The van der Waals surface area contributed by atoms with Gasteiger partial charge in [0.05, 0.1) is 0 Å². The van der Waals surface area contributed by atoms with Crippen LogP contribution in [0.1, 0.15) is 24.5 Å². The highest BCUT2D eigenvalue weighted by molar-refractivity contribution is 5.98. The van der Waals surface area contributed by atoms with Gasteiger partial charge >= 0.3 is 0 Å². The molecule has 0 heterocycles. The molecule has 0 aromatic heterocycles. The number of amidine groups is 1. The predicted octanol–water partition coefficient (Wildman–Crippen LogP) is 0.642. The van der Waals surface area contributed by atoms with Crippen molar-refractivity contribution >= 4 is 5.84 Å². The van der Waals surface area contributed by atoms with Gasteiger partial charge in [0.2, 0.25) is 0 Å². The lowest BCUT2D eigenvalue weighted by Gasteiger charge is -2.14. The summed E-state index contributed by atoms with van der Waals surface area (Å²) in [5.41, 5.74) is 7.28. The Morgan fingerprint density at radius 3 is 2.82 bits per heavy atom. The van der Waals surface area contributed by atoms with Gasteiger partial charge in [-0.2, -0.15) is 0 Å². The van der Waals surface area contributed by atoms with Gasteiger partial charge in [-0.1, -0.05) is 29.4 Å². The van der Waals surface area contributed by atoms with Crippen LogP contribution < -0.4 is 11.1 Å². The Bertz CT molecular complexity index is 380. The highest BCUT2D eigenvalue weighted by Gasteiger charge is 2.07. The number of nitrogens with two attached hydrogens (primary N) is 1. The lowest BCUT2D eigenvalue weighted by atomic mass is 10.1. The zero-order valence-electron chi connectivity index (χ0n) is 9.93. The summed E-state index contributed by atoms with van der Waals surface area (Å²) in [6, 6.07) is 7.70. The summed E-state index contributed by atoms with van der Waals surface area (Å²) in [6.45, 7) is 2.78. The minimum atomic E-state index is 0.109. The van der Waals surface area contributed by atoms with Crippen molar-refractivity contribution in [3.63, 3.8) is 0 Å². The lowest BCUT2D eigenvalue weighted by molar-refractivity contribution is 0.268. The number of aliphatic hydroxyl groups is 1. The molecular formula is C12H19N3O2. The topological polar surface area (TPSA) is 90.9 Å². The summed E-state index contributed by atoms with van der Waals surface area (Å²) in [5.74, 6) is 0.109. The second-order valence-electron chi connectivity index (χ2n) is 3.94. The normalized spacial score (nSPS) is 13.6. The van der Waals surface area contributed by atoms with Crippen LogP contribution in [-0.2, 0) is 6.54 Å². The molecule has 0 aliphatic carbocycles. The fourth-order valence-electron chi connectivity index (χ4n) is 1.56. The van der Waals surface area contributed by atoms with E-state index in [-0.39, 0.29) is 18.5 Å². The summed E-state index contributed by atoms with van der Waals surface area (Å²) in [4.78, 5) is 0. The van der Waals surface area contributed by atoms with Crippen molar-refractivity contribution < 1.29 is 10.3 Å². The van der Waals surface area contributed by atoms with Gasteiger partial charge in [0.1, 0.15) is 0 Å². The zero-order valence-corrected chi connectivity index (χ0v) is 9.93. The highest BCUT2D eigenvalue weighted by Crippen LogP contribution is 2.08. The number of oxime groups is 1. The molecule has 1 aromatic rings. The van der Waals surface area contributed by atoms with E-state index >= 15 is 0 Å². The minimum Gasteiger partial charge on any atom is -0.409 e. The number of nitrogens with one attached hydrogen (secondary N) is 1. The van der Waals surface area contributed by atoms with Gasteiger partial charge in [-0.3, -0.25) is 0 Å².